The first kappa shape index (κ1) is 11.3. The van der Waals surface area contributed by atoms with E-state index in [2.05, 4.69) is 25.9 Å². The lowest BCUT2D eigenvalue weighted by Gasteiger charge is -2.09. The van der Waals surface area contributed by atoms with Crippen LogP contribution in [0.4, 0.5) is 4.39 Å². The van der Waals surface area contributed by atoms with Gasteiger partial charge in [0.1, 0.15) is 11.5 Å². The van der Waals surface area contributed by atoms with Crippen molar-refractivity contribution < 1.29 is 4.39 Å². The van der Waals surface area contributed by atoms with Crippen LogP contribution in [-0.4, -0.2) is 9.97 Å². The zero-order valence-electron chi connectivity index (χ0n) is 9.09. The van der Waals surface area contributed by atoms with E-state index in [0.717, 1.165) is 10.0 Å². The van der Waals surface area contributed by atoms with E-state index in [1.54, 1.807) is 6.20 Å². The number of H-pyrrole nitrogens is 1. The molecule has 0 unspecified atom stereocenters. The number of aromatic nitrogens is 2. The number of nitrogens with one attached hydrogen (secondary N) is 1. The monoisotopic (exact) mass is 282 g/mol. The lowest BCUT2D eigenvalue weighted by molar-refractivity contribution is 0.215. The van der Waals surface area contributed by atoms with Gasteiger partial charge in [-0.1, -0.05) is 28.1 Å². The van der Waals surface area contributed by atoms with E-state index in [1.807, 2.05) is 24.3 Å². The van der Waals surface area contributed by atoms with Gasteiger partial charge in [-0.15, -0.1) is 0 Å². The van der Waals surface area contributed by atoms with Crippen molar-refractivity contribution in [3.05, 3.63) is 40.6 Å². The summed E-state index contributed by atoms with van der Waals surface area (Å²) in [4.78, 5) is 7.22. The van der Waals surface area contributed by atoms with Crippen LogP contribution in [0.3, 0.4) is 0 Å². The van der Waals surface area contributed by atoms with E-state index < -0.39 is 5.67 Å². The highest BCUT2D eigenvalue weighted by atomic mass is 79.9. The summed E-state index contributed by atoms with van der Waals surface area (Å²) in [5.74, 6) is 0.688. The summed E-state index contributed by atoms with van der Waals surface area (Å²) in [7, 11) is 0. The summed E-state index contributed by atoms with van der Waals surface area (Å²) < 4.78 is 14.6. The van der Waals surface area contributed by atoms with Crippen LogP contribution in [0, 0.1) is 0 Å². The highest BCUT2D eigenvalue weighted by Gasteiger charge is 2.22. The fraction of sp³-hybridized carbons (Fsp3) is 0.250. The molecule has 0 saturated heterocycles. The molecule has 1 N–H and O–H groups in total. The Labute approximate surface area is 102 Å². The number of aromatic amines is 1. The van der Waals surface area contributed by atoms with Gasteiger partial charge in [-0.05, 0) is 26.0 Å². The molecule has 2 nitrogen and oxygen atoms in total. The molecule has 0 atom stereocenters. The van der Waals surface area contributed by atoms with Crippen molar-refractivity contribution in [3.8, 4) is 11.4 Å². The van der Waals surface area contributed by atoms with Crippen molar-refractivity contribution in [3.63, 3.8) is 0 Å². The average Bonchev–Trinajstić information content (AvgIpc) is 2.67. The molecular formula is C12H12BrFN2. The number of halogens is 2. The number of alkyl halides is 1. The van der Waals surface area contributed by atoms with Gasteiger partial charge in [0.25, 0.3) is 0 Å². The Morgan fingerprint density at radius 3 is 2.38 bits per heavy atom. The van der Waals surface area contributed by atoms with Gasteiger partial charge in [-0.25, -0.2) is 9.37 Å². The molecular weight excluding hydrogens is 271 g/mol. The van der Waals surface area contributed by atoms with Crippen LogP contribution >= 0.6 is 15.9 Å². The Morgan fingerprint density at radius 2 is 1.88 bits per heavy atom. The molecule has 0 amide bonds. The molecule has 1 aromatic heterocycles. The molecule has 0 aliphatic carbocycles. The molecule has 0 aliphatic heterocycles. The largest absolute Gasteiger partial charge is 0.344 e. The molecule has 2 aromatic rings. The lowest BCUT2D eigenvalue weighted by atomic mass is 10.1. The SMILES string of the molecule is CC(C)(F)c1c[nH]c(-c2ccc(Br)cc2)n1. The van der Waals surface area contributed by atoms with Crippen LogP contribution in [0.5, 0.6) is 0 Å². The highest BCUT2D eigenvalue weighted by Crippen LogP contribution is 2.25. The van der Waals surface area contributed by atoms with Gasteiger partial charge >= 0.3 is 0 Å². The second-order valence-electron chi connectivity index (χ2n) is 4.11. The van der Waals surface area contributed by atoms with Crippen molar-refractivity contribution in [1.82, 2.24) is 9.97 Å². The van der Waals surface area contributed by atoms with Crippen LogP contribution in [0.15, 0.2) is 34.9 Å². The van der Waals surface area contributed by atoms with Gasteiger partial charge in [0.15, 0.2) is 0 Å². The third-order valence-corrected chi connectivity index (χ3v) is 2.83. The van der Waals surface area contributed by atoms with E-state index in [-0.39, 0.29) is 0 Å². The maximum Gasteiger partial charge on any atom is 0.148 e. The first-order valence-corrected chi connectivity index (χ1v) is 5.77. The molecule has 16 heavy (non-hydrogen) atoms. The number of benzene rings is 1. The molecule has 0 spiro atoms. The van der Waals surface area contributed by atoms with Gasteiger partial charge in [-0.2, -0.15) is 0 Å². The summed E-state index contributed by atoms with van der Waals surface area (Å²) in [6.45, 7) is 2.99. The van der Waals surface area contributed by atoms with Gasteiger partial charge in [0.2, 0.25) is 0 Å². The van der Waals surface area contributed by atoms with Crippen molar-refractivity contribution in [2.75, 3.05) is 0 Å². The summed E-state index contributed by atoms with van der Waals surface area (Å²) >= 11 is 3.36. The quantitative estimate of drug-likeness (QED) is 0.885. The molecule has 0 bridgehead atoms. The van der Waals surface area contributed by atoms with Gasteiger partial charge in [0, 0.05) is 16.2 Å². The molecule has 4 heteroatoms. The molecule has 0 saturated carbocycles. The molecule has 1 heterocycles. The predicted octanol–water partition coefficient (Wildman–Crippen LogP) is 4.04. The number of hydrogen-bond acceptors (Lipinski definition) is 1. The number of imidazole rings is 1. The van der Waals surface area contributed by atoms with Gasteiger partial charge in [-0.3, -0.25) is 0 Å². The summed E-state index contributed by atoms with van der Waals surface area (Å²) in [5.41, 5.74) is -0.0477. The van der Waals surface area contributed by atoms with Crippen LogP contribution < -0.4 is 0 Å². The zero-order valence-corrected chi connectivity index (χ0v) is 10.7. The second-order valence-corrected chi connectivity index (χ2v) is 5.03. The fourth-order valence-electron chi connectivity index (χ4n) is 1.38. The minimum Gasteiger partial charge on any atom is -0.344 e. The van der Waals surface area contributed by atoms with Crippen LogP contribution in [-0.2, 0) is 5.67 Å². The van der Waals surface area contributed by atoms with Gasteiger partial charge < -0.3 is 4.98 Å². The maximum atomic E-state index is 13.6. The summed E-state index contributed by atoms with van der Waals surface area (Å²) in [6.07, 6.45) is 1.61. The third-order valence-electron chi connectivity index (χ3n) is 2.30. The topological polar surface area (TPSA) is 28.7 Å². The third kappa shape index (κ3) is 2.32. The Morgan fingerprint density at radius 1 is 1.25 bits per heavy atom. The Hall–Kier alpha value is -1.16. The molecule has 0 fully saturated rings. The minimum atomic E-state index is -1.41. The van der Waals surface area contributed by atoms with Crippen molar-refractivity contribution >= 4 is 15.9 Å². The molecule has 0 aliphatic rings. The maximum absolute atomic E-state index is 13.6. The standard InChI is InChI=1S/C12H12BrFN2/c1-12(2,14)10-7-15-11(16-10)8-3-5-9(13)6-4-8/h3-7H,1-2H3,(H,15,16). The summed E-state index contributed by atoms with van der Waals surface area (Å²) in [5, 5.41) is 0. The van der Waals surface area contributed by atoms with E-state index in [9.17, 15) is 4.39 Å². The average molecular weight is 283 g/mol. The van der Waals surface area contributed by atoms with E-state index >= 15 is 0 Å². The molecule has 84 valence electrons. The predicted molar refractivity (Wildman–Crippen MR) is 65.9 cm³/mol. The zero-order chi connectivity index (χ0) is 11.8. The van der Waals surface area contributed by atoms with Crippen molar-refractivity contribution in [2.24, 2.45) is 0 Å². The highest BCUT2D eigenvalue weighted by molar-refractivity contribution is 9.10. The number of rotatable bonds is 2. The van der Waals surface area contributed by atoms with Crippen LogP contribution in [0.1, 0.15) is 19.5 Å². The Kier molecular flexibility index (Phi) is 2.84. The smallest absolute Gasteiger partial charge is 0.148 e. The normalized spacial score (nSPS) is 11.8. The van der Waals surface area contributed by atoms with Crippen molar-refractivity contribution in [1.29, 1.82) is 0 Å². The van der Waals surface area contributed by atoms with E-state index in [4.69, 9.17) is 0 Å². The lowest BCUT2D eigenvalue weighted by Crippen LogP contribution is -2.09. The number of hydrogen-bond donors (Lipinski definition) is 1. The first-order chi connectivity index (χ1) is 7.47. The summed E-state index contributed by atoms with van der Waals surface area (Å²) in [6, 6.07) is 7.71. The fourth-order valence-corrected chi connectivity index (χ4v) is 1.65. The van der Waals surface area contributed by atoms with E-state index in [0.29, 0.717) is 11.5 Å². The molecule has 1 aromatic carbocycles. The van der Waals surface area contributed by atoms with Gasteiger partial charge in [0.05, 0.1) is 5.69 Å². The Bertz CT molecular complexity index is 482. The van der Waals surface area contributed by atoms with Crippen molar-refractivity contribution in [2.45, 2.75) is 19.5 Å². The molecule has 2 rings (SSSR count). The second kappa shape index (κ2) is 4.01. The van der Waals surface area contributed by atoms with E-state index in [1.165, 1.54) is 13.8 Å². The number of nitrogens with zero attached hydrogens (tertiary/aromatic N) is 1. The van der Waals surface area contributed by atoms with Crippen LogP contribution in [0.2, 0.25) is 0 Å². The Balaban J connectivity index is 2.35. The van der Waals surface area contributed by atoms with Crippen LogP contribution in [0.25, 0.3) is 11.4 Å². The first-order valence-electron chi connectivity index (χ1n) is 4.97. The molecule has 0 radical (unpaired) electrons. The minimum absolute atomic E-state index is 0.422.